The highest BCUT2D eigenvalue weighted by Crippen LogP contribution is 2.49. The van der Waals surface area contributed by atoms with E-state index in [1.807, 2.05) is 55.5 Å². The zero-order valence-electron chi connectivity index (χ0n) is 22.6. The summed E-state index contributed by atoms with van der Waals surface area (Å²) in [4.78, 5) is 41.0. The maximum absolute atomic E-state index is 14.4. The number of hydrogen-bond acceptors (Lipinski definition) is 7. The van der Waals surface area contributed by atoms with Gasteiger partial charge in [0, 0.05) is 28.8 Å². The number of carbonyl (C=O) groups excluding carboxylic acids is 3. The lowest BCUT2D eigenvalue weighted by atomic mass is 9.67. The Hall–Kier alpha value is -3.87. The molecule has 2 aliphatic rings. The molecule has 0 radical (unpaired) electrons. The summed E-state index contributed by atoms with van der Waals surface area (Å²) in [5.41, 5.74) is 4.82. The molecule has 0 saturated heterocycles. The van der Waals surface area contributed by atoms with Crippen molar-refractivity contribution in [1.82, 2.24) is 5.32 Å². The number of hydrogen-bond donors (Lipinski definition) is 1. The van der Waals surface area contributed by atoms with Gasteiger partial charge in [-0.3, -0.25) is 9.59 Å². The molecule has 2 aromatic rings. The van der Waals surface area contributed by atoms with E-state index in [0.29, 0.717) is 34.7 Å². The van der Waals surface area contributed by atoms with Crippen molar-refractivity contribution in [3.63, 3.8) is 0 Å². The molecule has 0 bridgehead atoms. The van der Waals surface area contributed by atoms with Crippen LogP contribution < -0.4 is 10.1 Å². The molecule has 7 heteroatoms. The molecule has 0 spiro atoms. The number of Topliss-reactive ketones (excluding diaryl/α,β-unsaturated/α-hetero) is 1. The van der Waals surface area contributed by atoms with Gasteiger partial charge < -0.3 is 19.5 Å². The monoisotopic (exact) mass is 517 g/mol. The smallest absolute Gasteiger partial charge is 0.336 e. The molecule has 0 fully saturated rings. The fraction of sp³-hybridized carbons (Fsp3) is 0.387. The van der Waals surface area contributed by atoms with Gasteiger partial charge in [-0.25, -0.2) is 4.79 Å². The summed E-state index contributed by atoms with van der Waals surface area (Å²) in [6, 6.07) is 15.3. The first-order valence-corrected chi connectivity index (χ1v) is 13.2. The van der Waals surface area contributed by atoms with Crippen molar-refractivity contribution in [1.29, 1.82) is 0 Å². The Morgan fingerprint density at radius 2 is 1.66 bits per heavy atom. The van der Waals surface area contributed by atoms with Gasteiger partial charge in [0.2, 0.25) is 0 Å². The lowest BCUT2D eigenvalue weighted by Gasteiger charge is -2.39. The number of aryl methyl sites for hydroxylation is 1. The number of para-hydroxylation sites is 1. The predicted molar refractivity (Wildman–Crippen MR) is 144 cm³/mol. The molecule has 3 atom stereocenters. The number of ether oxygens (including phenoxy) is 3. The SMILES string of the molecule is CCOC(=O)C1=C(C)NC2=C(C(=O)[C@H](C(=O)OCC)[C@H](c3ccccc3OC)C2)[C@@H]1c1ccc(CC)cc1. The van der Waals surface area contributed by atoms with Gasteiger partial charge in [-0.2, -0.15) is 0 Å². The summed E-state index contributed by atoms with van der Waals surface area (Å²) in [5, 5.41) is 3.33. The van der Waals surface area contributed by atoms with Gasteiger partial charge in [-0.05, 0) is 56.4 Å². The highest BCUT2D eigenvalue weighted by atomic mass is 16.5. The van der Waals surface area contributed by atoms with Crippen LogP contribution >= 0.6 is 0 Å². The van der Waals surface area contributed by atoms with Gasteiger partial charge in [0.25, 0.3) is 0 Å². The van der Waals surface area contributed by atoms with Crippen molar-refractivity contribution in [2.75, 3.05) is 20.3 Å². The molecular weight excluding hydrogens is 482 g/mol. The van der Waals surface area contributed by atoms with Gasteiger partial charge in [-0.1, -0.05) is 49.4 Å². The van der Waals surface area contributed by atoms with Crippen LogP contribution in [0.1, 0.15) is 62.6 Å². The first-order valence-electron chi connectivity index (χ1n) is 13.2. The molecule has 38 heavy (non-hydrogen) atoms. The highest BCUT2D eigenvalue weighted by molar-refractivity contribution is 6.13. The average molecular weight is 518 g/mol. The normalized spacial score (nSPS) is 21.0. The molecule has 0 aromatic heterocycles. The van der Waals surface area contributed by atoms with Crippen molar-refractivity contribution in [3.05, 3.63) is 87.8 Å². The Kier molecular flexibility index (Phi) is 8.35. The lowest BCUT2D eigenvalue weighted by Crippen LogP contribution is -2.43. The maximum atomic E-state index is 14.4. The van der Waals surface area contributed by atoms with Crippen LogP contribution in [0.5, 0.6) is 5.75 Å². The molecular formula is C31H35NO6. The first-order chi connectivity index (χ1) is 18.4. The number of dihydropyridines is 1. The highest BCUT2D eigenvalue weighted by Gasteiger charge is 2.49. The summed E-state index contributed by atoms with van der Waals surface area (Å²) in [6.45, 7) is 7.72. The minimum atomic E-state index is -1.08. The van der Waals surface area contributed by atoms with Crippen LogP contribution in [0.15, 0.2) is 71.1 Å². The second-order valence-corrected chi connectivity index (χ2v) is 9.45. The van der Waals surface area contributed by atoms with Gasteiger partial charge in [0.05, 0.1) is 25.9 Å². The summed E-state index contributed by atoms with van der Waals surface area (Å²) in [7, 11) is 1.57. The van der Waals surface area contributed by atoms with Crippen LogP contribution in [-0.4, -0.2) is 38.0 Å². The number of rotatable bonds is 8. The average Bonchev–Trinajstić information content (AvgIpc) is 2.92. The summed E-state index contributed by atoms with van der Waals surface area (Å²) in [6.07, 6.45) is 1.24. The molecule has 4 rings (SSSR count). The van der Waals surface area contributed by atoms with Crippen molar-refractivity contribution in [2.24, 2.45) is 5.92 Å². The lowest BCUT2D eigenvalue weighted by molar-refractivity contribution is -0.152. The van der Waals surface area contributed by atoms with Gasteiger partial charge in [0.15, 0.2) is 5.78 Å². The number of methoxy groups -OCH3 is 1. The first kappa shape index (κ1) is 27.2. The minimum Gasteiger partial charge on any atom is -0.496 e. The van der Waals surface area contributed by atoms with Gasteiger partial charge in [-0.15, -0.1) is 0 Å². The fourth-order valence-electron chi connectivity index (χ4n) is 5.56. The molecule has 1 aliphatic heterocycles. The largest absolute Gasteiger partial charge is 0.496 e. The summed E-state index contributed by atoms with van der Waals surface area (Å²) < 4.78 is 16.4. The number of carbonyl (C=O) groups is 3. The van der Waals surface area contributed by atoms with Crippen molar-refractivity contribution in [2.45, 2.75) is 52.4 Å². The van der Waals surface area contributed by atoms with E-state index in [0.717, 1.165) is 23.1 Å². The van der Waals surface area contributed by atoms with Crippen LogP contribution in [0, 0.1) is 5.92 Å². The Labute approximate surface area is 223 Å². The Morgan fingerprint density at radius 3 is 2.29 bits per heavy atom. The van der Waals surface area contributed by atoms with Gasteiger partial charge in [0.1, 0.15) is 11.7 Å². The zero-order valence-corrected chi connectivity index (χ0v) is 22.6. The minimum absolute atomic E-state index is 0.153. The fourth-order valence-corrected chi connectivity index (χ4v) is 5.56. The van der Waals surface area contributed by atoms with E-state index in [-0.39, 0.29) is 19.0 Å². The van der Waals surface area contributed by atoms with Gasteiger partial charge >= 0.3 is 11.9 Å². The maximum Gasteiger partial charge on any atom is 0.336 e. The van der Waals surface area contributed by atoms with E-state index in [4.69, 9.17) is 14.2 Å². The number of nitrogens with one attached hydrogen (secondary N) is 1. The summed E-state index contributed by atoms with van der Waals surface area (Å²) in [5.74, 6) is -3.06. The molecule has 0 amide bonds. The van der Waals surface area contributed by atoms with E-state index in [1.54, 1.807) is 21.0 Å². The van der Waals surface area contributed by atoms with E-state index in [9.17, 15) is 14.4 Å². The Morgan fingerprint density at radius 1 is 0.974 bits per heavy atom. The molecule has 1 N–H and O–H groups in total. The van der Waals surface area contributed by atoms with Crippen LogP contribution in [0.3, 0.4) is 0 Å². The molecule has 0 saturated carbocycles. The molecule has 7 nitrogen and oxygen atoms in total. The van der Waals surface area contributed by atoms with Crippen LogP contribution in [0.25, 0.3) is 0 Å². The standard InChI is InChI=1S/C31H35NO6/c1-6-19-13-15-20(16-14-19)26-25(30(34)37-7-2)18(4)32-23-17-22(21-11-9-10-12-24(21)36-5)27(29(33)28(23)26)31(35)38-8-3/h9-16,22,26-27,32H,6-8,17H2,1-5H3/t22-,26+,27+/m0/s1. The van der Waals surface area contributed by atoms with Crippen molar-refractivity contribution >= 4 is 17.7 Å². The van der Waals surface area contributed by atoms with E-state index in [1.165, 1.54) is 0 Å². The number of benzene rings is 2. The topological polar surface area (TPSA) is 90.9 Å². The number of ketones is 1. The van der Waals surface area contributed by atoms with Crippen LogP contribution in [-0.2, 0) is 30.3 Å². The molecule has 2 aromatic carbocycles. The molecule has 1 heterocycles. The molecule has 200 valence electrons. The Balaban J connectivity index is 1.91. The second kappa shape index (κ2) is 11.7. The molecule has 0 unspecified atom stereocenters. The third-order valence-electron chi connectivity index (χ3n) is 7.31. The van der Waals surface area contributed by atoms with E-state index < -0.39 is 29.7 Å². The van der Waals surface area contributed by atoms with Crippen LogP contribution in [0.2, 0.25) is 0 Å². The Bertz CT molecular complexity index is 1290. The van der Waals surface area contributed by atoms with Crippen molar-refractivity contribution in [3.8, 4) is 5.75 Å². The molecule has 1 aliphatic carbocycles. The quantitative estimate of drug-likeness (QED) is 0.390. The van der Waals surface area contributed by atoms with Crippen LogP contribution in [0.4, 0.5) is 0 Å². The van der Waals surface area contributed by atoms with E-state index in [2.05, 4.69) is 12.2 Å². The zero-order chi connectivity index (χ0) is 27.4. The predicted octanol–water partition coefficient (Wildman–Crippen LogP) is 4.97. The third-order valence-corrected chi connectivity index (χ3v) is 7.31. The second-order valence-electron chi connectivity index (χ2n) is 9.45. The van der Waals surface area contributed by atoms with E-state index >= 15 is 0 Å². The number of esters is 2. The number of allylic oxidation sites excluding steroid dienone is 3. The summed E-state index contributed by atoms with van der Waals surface area (Å²) >= 11 is 0. The van der Waals surface area contributed by atoms with Crippen molar-refractivity contribution < 1.29 is 28.6 Å². The third kappa shape index (κ3) is 4.97.